The summed E-state index contributed by atoms with van der Waals surface area (Å²) in [5.41, 5.74) is 7.61. The normalized spacial score (nSPS) is 15.1. The first kappa shape index (κ1) is 13.4. The number of benzene rings is 1. The van der Waals surface area contributed by atoms with Gasteiger partial charge in [0.15, 0.2) is 0 Å². The van der Waals surface area contributed by atoms with Crippen LogP contribution in [-0.4, -0.2) is 9.55 Å². The lowest BCUT2D eigenvalue weighted by atomic mass is 10.1. The Morgan fingerprint density at radius 2 is 2.10 bits per heavy atom. The second-order valence-corrected chi connectivity index (χ2v) is 5.99. The molecule has 0 bridgehead atoms. The molecule has 0 atom stereocenters. The van der Waals surface area contributed by atoms with Crippen LogP contribution in [0, 0.1) is 5.82 Å². The van der Waals surface area contributed by atoms with Crippen LogP contribution in [0.3, 0.4) is 0 Å². The van der Waals surface area contributed by atoms with E-state index < -0.39 is 0 Å². The van der Waals surface area contributed by atoms with Crippen molar-refractivity contribution >= 4 is 17.4 Å². The fourth-order valence-corrected chi connectivity index (χ4v) is 2.72. The highest BCUT2D eigenvalue weighted by atomic mass is 35.5. The van der Waals surface area contributed by atoms with E-state index in [2.05, 4.69) is 23.4 Å². The molecular weight excluding hydrogens is 277 g/mol. The van der Waals surface area contributed by atoms with Crippen molar-refractivity contribution in [2.24, 2.45) is 0 Å². The molecule has 0 amide bonds. The smallest absolute Gasteiger partial charge is 0.132 e. The Labute approximate surface area is 122 Å². The Hall–Kier alpha value is -1.55. The summed E-state index contributed by atoms with van der Waals surface area (Å²) in [5, 5.41) is 0.340. The summed E-state index contributed by atoms with van der Waals surface area (Å²) in [5.74, 6) is 1.53. The molecular formula is C15H17ClFN3. The Bertz CT molecular complexity index is 659. The van der Waals surface area contributed by atoms with Gasteiger partial charge >= 0.3 is 0 Å². The molecule has 106 valence electrons. The standard InChI is InChI=1S/C15H17ClFN3/c1-8(2)15-19-13(14(18)20(15)10-4-5-10)11-6-3-9(17)7-12(11)16/h3,6-8,10H,4-5,18H2,1-2H3. The van der Waals surface area contributed by atoms with E-state index in [1.54, 1.807) is 6.07 Å². The zero-order valence-corrected chi connectivity index (χ0v) is 12.3. The monoisotopic (exact) mass is 293 g/mol. The van der Waals surface area contributed by atoms with Gasteiger partial charge in [-0.1, -0.05) is 25.4 Å². The molecule has 1 aromatic heterocycles. The number of nitrogens with two attached hydrogens (primary N) is 1. The maximum absolute atomic E-state index is 13.2. The van der Waals surface area contributed by atoms with Crippen LogP contribution < -0.4 is 5.73 Å². The molecule has 1 fully saturated rings. The second kappa shape index (κ2) is 4.77. The topological polar surface area (TPSA) is 43.8 Å². The average molecular weight is 294 g/mol. The van der Waals surface area contributed by atoms with Gasteiger partial charge in [0.1, 0.15) is 23.2 Å². The summed E-state index contributed by atoms with van der Waals surface area (Å²) in [6.07, 6.45) is 2.27. The van der Waals surface area contributed by atoms with E-state index >= 15 is 0 Å². The van der Waals surface area contributed by atoms with E-state index in [1.165, 1.54) is 12.1 Å². The van der Waals surface area contributed by atoms with Crippen LogP contribution in [0.15, 0.2) is 18.2 Å². The van der Waals surface area contributed by atoms with Gasteiger partial charge in [-0.15, -0.1) is 0 Å². The number of anilines is 1. The first-order valence-corrected chi connectivity index (χ1v) is 7.20. The van der Waals surface area contributed by atoms with Gasteiger partial charge in [-0.2, -0.15) is 0 Å². The van der Waals surface area contributed by atoms with Crippen molar-refractivity contribution in [3.8, 4) is 11.3 Å². The molecule has 1 aliphatic carbocycles. The summed E-state index contributed by atoms with van der Waals surface area (Å²) in [7, 11) is 0. The lowest BCUT2D eigenvalue weighted by Gasteiger charge is -2.10. The van der Waals surface area contributed by atoms with Gasteiger partial charge < -0.3 is 10.3 Å². The fraction of sp³-hybridized carbons (Fsp3) is 0.400. The SMILES string of the molecule is CC(C)c1nc(-c2ccc(F)cc2Cl)c(N)n1C1CC1. The molecule has 0 radical (unpaired) electrons. The molecule has 5 heteroatoms. The van der Waals surface area contributed by atoms with Gasteiger partial charge in [0.25, 0.3) is 0 Å². The van der Waals surface area contributed by atoms with Crippen LogP contribution in [0.25, 0.3) is 11.3 Å². The molecule has 0 spiro atoms. The van der Waals surface area contributed by atoms with Gasteiger partial charge in [-0.05, 0) is 31.0 Å². The van der Waals surface area contributed by atoms with Gasteiger partial charge in [0.2, 0.25) is 0 Å². The number of hydrogen-bond acceptors (Lipinski definition) is 2. The molecule has 0 aliphatic heterocycles. The fourth-order valence-electron chi connectivity index (χ4n) is 2.47. The minimum Gasteiger partial charge on any atom is -0.383 e. The van der Waals surface area contributed by atoms with Crippen molar-refractivity contribution in [2.75, 3.05) is 5.73 Å². The highest BCUT2D eigenvalue weighted by Crippen LogP contribution is 2.43. The molecule has 1 aromatic carbocycles. The predicted octanol–water partition coefficient (Wildman–Crippen LogP) is 4.38. The molecule has 3 rings (SSSR count). The Kier molecular flexibility index (Phi) is 3.21. The van der Waals surface area contributed by atoms with Gasteiger partial charge in [-0.3, -0.25) is 0 Å². The molecule has 3 nitrogen and oxygen atoms in total. The molecule has 2 N–H and O–H groups in total. The average Bonchev–Trinajstić information content (AvgIpc) is 3.14. The van der Waals surface area contributed by atoms with E-state index in [-0.39, 0.29) is 11.7 Å². The lowest BCUT2D eigenvalue weighted by Crippen LogP contribution is -2.06. The zero-order chi connectivity index (χ0) is 14.4. The van der Waals surface area contributed by atoms with Crippen molar-refractivity contribution in [1.82, 2.24) is 9.55 Å². The van der Waals surface area contributed by atoms with Crippen molar-refractivity contribution in [2.45, 2.75) is 38.6 Å². The molecule has 1 aliphatic rings. The summed E-state index contributed by atoms with van der Waals surface area (Å²) >= 11 is 6.13. The van der Waals surface area contributed by atoms with Gasteiger partial charge in [0, 0.05) is 17.5 Å². The minimum atomic E-state index is -0.358. The van der Waals surface area contributed by atoms with Crippen molar-refractivity contribution in [3.05, 3.63) is 34.9 Å². The van der Waals surface area contributed by atoms with E-state index in [4.69, 9.17) is 17.3 Å². The van der Waals surface area contributed by atoms with E-state index in [0.717, 1.165) is 18.7 Å². The largest absolute Gasteiger partial charge is 0.383 e. The predicted molar refractivity (Wildman–Crippen MR) is 79.4 cm³/mol. The highest BCUT2D eigenvalue weighted by Gasteiger charge is 2.31. The van der Waals surface area contributed by atoms with Gasteiger partial charge in [-0.25, -0.2) is 9.37 Å². The first-order valence-electron chi connectivity index (χ1n) is 6.82. The van der Waals surface area contributed by atoms with E-state index in [9.17, 15) is 4.39 Å². The number of nitrogens with zero attached hydrogens (tertiary/aromatic N) is 2. The number of hydrogen-bond donors (Lipinski definition) is 1. The number of halogens is 2. The lowest BCUT2D eigenvalue weighted by molar-refractivity contribution is 0.628. The molecule has 1 heterocycles. The second-order valence-electron chi connectivity index (χ2n) is 5.58. The third kappa shape index (κ3) is 2.18. The quantitative estimate of drug-likeness (QED) is 0.912. The molecule has 1 saturated carbocycles. The number of rotatable bonds is 3. The van der Waals surface area contributed by atoms with Crippen molar-refractivity contribution in [3.63, 3.8) is 0 Å². The molecule has 0 unspecified atom stereocenters. The van der Waals surface area contributed by atoms with E-state index in [1.807, 2.05) is 0 Å². The maximum atomic E-state index is 13.2. The van der Waals surface area contributed by atoms with Crippen molar-refractivity contribution in [1.29, 1.82) is 0 Å². The maximum Gasteiger partial charge on any atom is 0.132 e. The summed E-state index contributed by atoms with van der Waals surface area (Å²) in [6.45, 7) is 4.19. The number of aromatic nitrogens is 2. The summed E-state index contributed by atoms with van der Waals surface area (Å²) < 4.78 is 15.3. The van der Waals surface area contributed by atoms with E-state index in [0.29, 0.717) is 28.1 Å². The molecule has 20 heavy (non-hydrogen) atoms. The molecule has 0 saturated heterocycles. The van der Waals surface area contributed by atoms with Crippen LogP contribution in [-0.2, 0) is 0 Å². The zero-order valence-electron chi connectivity index (χ0n) is 11.5. The van der Waals surface area contributed by atoms with Crippen LogP contribution >= 0.6 is 11.6 Å². The van der Waals surface area contributed by atoms with Crippen LogP contribution in [0.4, 0.5) is 10.2 Å². The van der Waals surface area contributed by atoms with Crippen LogP contribution in [0.5, 0.6) is 0 Å². The molecule has 2 aromatic rings. The Balaban J connectivity index is 2.16. The third-order valence-electron chi connectivity index (χ3n) is 3.59. The highest BCUT2D eigenvalue weighted by molar-refractivity contribution is 6.33. The summed E-state index contributed by atoms with van der Waals surface area (Å²) in [4.78, 5) is 4.66. The number of nitrogen functional groups attached to an aromatic ring is 1. The Morgan fingerprint density at radius 3 is 2.65 bits per heavy atom. The Morgan fingerprint density at radius 1 is 1.40 bits per heavy atom. The van der Waals surface area contributed by atoms with Crippen LogP contribution in [0.2, 0.25) is 5.02 Å². The first-order chi connectivity index (χ1) is 9.49. The third-order valence-corrected chi connectivity index (χ3v) is 3.90. The van der Waals surface area contributed by atoms with Gasteiger partial charge in [0.05, 0.1) is 5.02 Å². The van der Waals surface area contributed by atoms with Crippen LogP contribution in [0.1, 0.15) is 44.5 Å². The summed E-state index contributed by atoms with van der Waals surface area (Å²) in [6, 6.07) is 4.76. The van der Waals surface area contributed by atoms with Crippen molar-refractivity contribution < 1.29 is 4.39 Å². The number of imidazole rings is 1. The minimum absolute atomic E-state index is 0.283.